The van der Waals surface area contributed by atoms with Crippen LogP contribution in [0.2, 0.25) is 0 Å². The number of aromatic amines is 1. The predicted octanol–water partition coefficient (Wildman–Crippen LogP) is 2.47. The molecule has 0 radical (unpaired) electrons. The molecule has 6 nitrogen and oxygen atoms in total. The second-order valence-corrected chi connectivity index (χ2v) is 9.04. The smallest absolute Gasteiger partial charge is 0.259 e. The van der Waals surface area contributed by atoms with Gasteiger partial charge in [0.2, 0.25) is 0 Å². The van der Waals surface area contributed by atoms with E-state index in [2.05, 4.69) is 14.9 Å². The van der Waals surface area contributed by atoms with Crippen LogP contribution < -0.4 is 5.56 Å². The maximum Gasteiger partial charge on any atom is 0.259 e. The maximum atomic E-state index is 12.5. The van der Waals surface area contributed by atoms with E-state index in [1.165, 1.54) is 10.4 Å². The van der Waals surface area contributed by atoms with Crippen molar-refractivity contribution in [3.63, 3.8) is 0 Å². The Balaban J connectivity index is 1.69. The molecule has 2 heterocycles. The van der Waals surface area contributed by atoms with Gasteiger partial charge in [-0.25, -0.2) is 4.98 Å². The Morgan fingerprint density at radius 1 is 1.38 bits per heavy atom. The van der Waals surface area contributed by atoms with E-state index in [1.54, 1.807) is 11.3 Å². The highest BCUT2D eigenvalue weighted by Crippen LogP contribution is 2.34. The number of nitrogens with one attached hydrogen (secondary N) is 1. The van der Waals surface area contributed by atoms with Gasteiger partial charge in [-0.1, -0.05) is 6.92 Å². The number of hydrogen-bond donors (Lipinski definition) is 2. The quantitative estimate of drug-likeness (QED) is 0.773. The monoisotopic (exact) mass is 379 g/mol. The van der Waals surface area contributed by atoms with Gasteiger partial charge in [0.05, 0.1) is 30.2 Å². The summed E-state index contributed by atoms with van der Waals surface area (Å²) >= 11 is 1.66. The normalized spacial score (nSPS) is 15.8. The minimum absolute atomic E-state index is 0.0305. The minimum Gasteiger partial charge on any atom is -0.389 e. The third-order valence-electron chi connectivity index (χ3n) is 4.62. The molecule has 0 spiro atoms. The molecular weight excluding hydrogens is 350 g/mol. The molecule has 2 aromatic heterocycles. The summed E-state index contributed by atoms with van der Waals surface area (Å²) < 4.78 is 5.65. The predicted molar refractivity (Wildman–Crippen MR) is 105 cm³/mol. The van der Waals surface area contributed by atoms with Crippen LogP contribution in [0, 0.1) is 0 Å². The zero-order chi connectivity index (χ0) is 18.9. The van der Waals surface area contributed by atoms with E-state index in [-0.39, 0.29) is 11.2 Å². The SMILES string of the molecule is CCN(Cc1nc2sc3c(c2c(=O)[nH]1)CCC3)C[C@H](O)COC(C)(C)C. The summed E-state index contributed by atoms with van der Waals surface area (Å²) in [5.74, 6) is 0.660. The molecule has 0 aliphatic heterocycles. The van der Waals surface area contributed by atoms with Crippen LogP contribution in [0.5, 0.6) is 0 Å². The number of fused-ring (bicyclic) bond motifs is 3. The van der Waals surface area contributed by atoms with Gasteiger partial charge in [0, 0.05) is 11.4 Å². The van der Waals surface area contributed by atoms with Gasteiger partial charge < -0.3 is 14.8 Å². The van der Waals surface area contributed by atoms with Gasteiger partial charge in [0.25, 0.3) is 5.56 Å². The largest absolute Gasteiger partial charge is 0.389 e. The molecule has 26 heavy (non-hydrogen) atoms. The number of thiophene rings is 1. The van der Waals surface area contributed by atoms with Gasteiger partial charge in [-0.2, -0.15) is 0 Å². The van der Waals surface area contributed by atoms with Crippen LogP contribution in [-0.2, 0) is 24.1 Å². The lowest BCUT2D eigenvalue weighted by Gasteiger charge is -2.26. The number of likely N-dealkylation sites (N-methyl/N-ethyl adjacent to an activating group) is 1. The summed E-state index contributed by atoms with van der Waals surface area (Å²) in [6.07, 6.45) is 2.61. The highest BCUT2D eigenvalue weighted by atomic mass is 32.1. The van der Waals surface area contributed by atoms with E-state index < -0.39 is 6.10 Å². The summed E-state index contributed by atoms with van der Waals surface area (Å²) in [7, 11) is 0. The van der Waals surface area contributed by atoms with Crippen LogP contribution in [0.4, 0.5) is 0 Å². The lowest BCUT2D eigenvalue weighted by Crippen LogP contribution is -2.37. The molecule has 0 fully saturated rings. The second kappa shape index (κ2) is 7.76. The number of aryl methyl sites for hydroxylation is 2. The minimum atomic E-state index is -0.574. The van der Waals surface area contributed by atoms with Crippen molar-refractivity contribution in [1.29, 1.82) is 0 Å². The highest BCUT2D eigenvalue weighted by molar-refractivity contribution is 7.18. The first-order valence-electron chi connectivity index (χ1n) is 9.34. The second-order valence-electron chi connectivity index (χ2n) is 7.96. The number of rotatable bonds is 7. The molecule has 1 atom stereocenters. The van der Waals surface area contributed by atoms with Crippen LogP contribution in [0.1, 0.15) is 50.4 Å². The summed E-state index contributed by atoms with van der Waals surface area (Å²) in [6.45, 7) is 9.99. The fourth-order valence-electron chi connectivity index (χ4n) is 3.34. The van der Waals surface area contributed by atoms with Crippen LogP contribution >= 0.6 is 11.3 Å². The number of aliphatic hydroxyl groups excluding tert-OH is 1. The van der Waals surface area contributed by atoms with Crippen LogP contribution in [-0.4, -0.2) is 51.4 Å². The maximum absolute atomic E-state index is 12.5. The molecule has 144 valence electrons. The number of nitrogens with zero attached hydrogens (tertiary/aromatic N) is 2. The van der Waals surface area contributed by atoms with Crippen molar-refractivity contribution in [1.82, 2.24) is 14.9 Å². The molecule has 0 saturated carbocycles. The van der Waals surface area contributed by atoms with E-state index in [9.17, 15) is 9.90 Å². The molecule has 2 aromatic rings. The molecule has 0 unspecified atom stereocenters. The van der Waals surface area contributed by atoms with Crippen molar-refractivity contribution in [2.45, 2.75) is 65.2 Å². The summed E-state index contributed by atoms with van der Waals surface area (Å²) in [4.78, 5) is 24.4. The van der Waals surface area contributed by atoms with Crippen molar-refractivity contribution in [2.75, 3.05) is 19.7 Å². The van der Waals surface area contributed by atoms with Gasteiger partial charge >= 0.3 is 0 Å². The Labute approximate surface area is 158 Å². The van der Waals surface area contributed by atoms with Crippen molar-refractivity contribution >= 4 is 21.6 Å². The number of aromatic nitrogens is 2. The van der Waals surface area contributed by atoms with Crippen molar-refractivity contribution in [2.24, 2.45) is 0 Å². The van der Waals surface area contributed by atoms with Gasteiger partial charge in [0.1, 0.15) is 10.7 Å². The van der Waals surface area contributed by atoms with E-state index in [4.69, 9.17) is 4.74 Å². The molecule has 7 heteroatoms. The average molecular weight is 380 g/mol. The molecule has 0 bridgehead atoms. The number of H-pyrrole nitrogens is 1. The van der Waals surface area contributed by atoms with E-state index in [0.717, 1.165) is 36.0 Å². The van der Waals surface area contributed by atoms with Gasteiger partial charge in [-0.3, -0.25) is 9.69 Å². The first kappa shape index (κ1) is 19.5. The zero-order valence-corrected chi connectivity index (χ0v) is 16.9. The summed E-state index contributed by atoms with van der Waals surface area (Å²) in [5, 5.41) is 11.0. The van der Waals surface area contributed by atoms with E-state index in [0.29, 0.717) is 25.5 Å². The molecular formula is C19H29N3O3S. The molecule has 3 rings (SSSR count). The summed E-state index contributed by atoms with van der Waals surface area (Å²) in [5.41, 5.74) is 0.902. The number of ether oxygens (including phenoxy) is 1. The molecule has 0 amide bonds. The lowest BCUT2D eigenvalue weighted by atomic mass is 10.2. The van der Waals surface area contributed by atoms with Crippen molar-refractivity contribution in [3.05, 3.63) is 26.6 Å². The van der Waals surface area contributed by atoms with Crippen LogP contribution in [0.25, 0.3) is 10.2 Å². The Kier molecular flexibility index (Phi) is 5.81. The molecule has 2 N–H and O–H groups in total. The first-order valence-corrected chi connectivity index (χ1v) is 10.2. The zero-order valence-electron chi connectivity index (χ0n) is 16.1. The van der Waals surface area contributed by atoms with Crippen LogP contribution in [0.3, 0.4) is 0 Å². The molecule has 1 aliphatic rings. The molecule has 0 aromatic carbocycles. The highest BCUT2D eigenvalue weighted by Gasteiger charge is 2.22. The standard InChI is InChI=1S/C19H29N3O3S/c1-5-22(9-12(23)11-25-19(2,3)4)10-15-20-17(24)16-13-7-6-8-14(13)26-18(16)21-15/h12,23H,5-11H2,1-4H3,(H,20,21,24)/t12-/m0/s1. The molecule has 1 aliphatic carbocycles. The average Bonchev–Trinajstić information content (AvgIpc) is 3.11. The molecule has 0 saturated heterocycles. The van der Waals surface area contributed by atoms with E-state index >= 15 is 0 Å². The first-order chi connectivity index (χ1) is 12.3. The third-order valence-corrected chi connectivity index (χ3v) is 5.81. The fourth-order valence-corrected chi connectivity index (χ4v) is 4.62. The number of hydrogen-bond acceptors (Lipinski definition) is 6. The number of aliphatic hydroxyl groups is 1. The van der Waals surface area contributed by atoms with Gasteiger partial charge in [-0.05, 0) is 52.1 Å². The van der Waals surface area contributed by atoms with Gasteiger partial charge in [0.15, 0.2) is 0 Å². The Bertz CT molecular complexity index is 822. The van der Waals surface area contributed by atoms with Crippen molar-refractivity contribution < 1.29 is 9.84 Å². The fraction of sp³-hybridized carbons (Fsp3) is 0.684. The Morgan fingerprint density at radius 3 is 2.85 bits per heavy atom. The summed E-state index contributed by atoms with van der Waals surface area (Å²) in [6, 6.07) is 0. The van der Waals surface area contributed by atoms with Gasteiger partial charge in [-0.15, -0.1) is 11.3 Å². The topological polar surface area (TPSA) is 78.5 Å². The van der Waals surface area contributed by atoms with Crippen LogP contribution in [0.15, 0.2) is 4.79 Å². The third kappa shape index (κ3) is 4.52. The van der Waals surface area contributed by atoms with Crippen molar-refractivity contribution in [3.8, 4) is 0 Å². The Morgan fingerprint density at radius 2 is 2.15 bits per heavy atom. The Hall–Kier alpha value is -1.28. The van der Waals surface area contributed by atoms with E-state index in [1.807, 2.05) is 27.7 Å². The lowest BCUT2D eigenvalue weighted by molar-refractivity contribution is -0.0564.